The average Bonchev–Trinajstić information content (AvgIpc) is 1.93. The van der Waals surface area contributed by atoms with Crippen molar-refractivity contribution in [2.45, 2.75) is 4.90 Å². The van der Waals surface area contributed by atoms with Gasteiger partial charge in [0.1, 0.15) is 0 Å². The van der Waals surface area contributed by atoms with Crippen molar-refractivity contribution < 1.29 is 9.90 Å². The first-order valence-electron chi connectivity index (χ1n) is 2.95. The van der Waals surface area contributed by atoms with E-state index in [9.17, 15) is 4.79 Å². The zero-order valence-electron chi connectivity index (χ0n) is 5.57. The van der Waals surface area contributed by atoms with Crippen LogP contribution in [0.3, 0.4) is 0 Å². The summed E-state index contributed by atoms with van der Waals surface area (Å²) in [4.78, 5) is 10.8. The van der Waals surface area contributed by atoms with Gasteiger partial charge in [-0.3, -0.25) is 5.32 Å². The largest absolute Gasteiger partial charge is 0.780 e. The van der Waals surface area contributed by atoms with E-state index in [1.165, 1.54) is 0 Å². The Bertz CT molecular complexity index is 258. The van der Waals surface area contributed by atoms with E-state index in [-0.39, 0.29) is 0 Å². The van der Waals surface area contributed by atoms with E-state index in [2.05, 4.69) is 5.32 Å². The summed E-state index contributed by atoms with van der Waals surface area (Å²) >= 11 is 4.81. The Kier molecular flexibility index (Phi) is 2.28. The van der Waals surface area contributed by atoms with Crippen molar-refractivity contribution in [3.8, 4) is 0 Å². The van der Waals surface area contributed by atoms with Crippen LogP contribution in [-0.2, 0) is 12.6 Å². The van der Waals surface area contributed by atoms with Crippen LogP contribution in [0.15, 0.2) is 29.2 Å². The van der Waals surface area contributed by atoms with Gasteiger partial charge >= 0.3 is 6.09 Å². The topological polar surface area (TPSA) is 49.3 Å². The maximum atomic E-state index is 10.1. The molecule has 0 aliphatic heterocycles. The Morgan fingerprint density at radius 3 is 2.36 bits per heavy atom. The molecule has 0 aliphatic carbocycles. The third kappa shape index (κ3) is 2.43. The lowest BCUT2D eigenvalue weighted by Gasteiger charge is -2.05. The van der Waals surface area contributed by atoms with E-state index >= 15 is 0 Å². The van der Waals surface area contributed by atoms with Gasteiger partial charge < -0.3 is 17.7 Å². The second-order valence-corrected chi connectivity index (χ2v) is 2.43. The number of hydrogen-bond acceptors (Lipinski definition) is 2. The lowest BCUT2D eigenvalue weighted by atomic mass is 10.3. The molecule has 1 aromatic carbocycles. The monoisotopic (exact) mass is 168 g/mol. The molecular weight excluding hydrogens is 162 g/mol. The van der Waals surface area contributed by atoms with Gasteiger partial charge in [0.2, 0.25) is 0 Å². The van der Waals surface area contributed by atoms with Crippen molar-refractivity contribution >= 4 is 24.4 Å². The number of amides is 1. The minimum Gasteiger partial charge on any atom is -0.780 e. The van der Waals surface area contributed by atoms with E-state index in [1.54, 1.807) is 24.3 Å². The second-order valence-electron chi connectivity index (χ2n) is 1.95. The minimum atomic E-state index is -1.07. The fourth-order valence-electron chi connectivity index (χ4n) is 0.662. The van der Waals surface area contributed by atoms with Crippen LogP contribution in [0.1, 0.15) is 0 Å². The molecule has 0 saturated heterocycles. The fraction of sp³-hybridized carbons (Fsp3) is 0. The number of benzene rings is 1. The fourth-order valence-corrected chi connectivity index (χ4v) is 0.798. The quantitative estimate of drug-likeness (QED) is 0.627. The Balaban J connectivity index is 2.74. The predicted octanol–water partition coefficient (Wildman–Crippen LogP) is 1.68. The van der Waals surface area contributed by atoms with Gasteiger partial charge in [0.15, 0.2) is 0 Å². The van der Waals surface area contributed by atoms with Crippen molar-refractivity contribution in [3.63, 3.8) is 0 Å². The SMILES string of the molecule is O=C(O)Nc1ccc([S-])cc1. The van der Waals surface area contributed by atoms with Crippen LogP contribution >= 0.6 is 0 Å². The molecule has 0 bridgehead atoms. The summed E-state index contributed by atoms with van der Waals surface area (Å²) in [5, 5.41) is 10.5. The van der Waals surface area contributed by atoms with Crippen LogP contribution in [0.25, 0.3) is 0 Å². The van der Waals surface area contributed by atoms with E-state index in [4.69, 9.17) is 17.7 Å². The molecule has 0 fully saturated rings. The van der Waals surface area contributed by atoms with Crippen molar-refractivity contribution in [2.24, 2.45) is 0 Å². The summed E-state index contributed by atoms with van der Waals surface area (Å²) in [7, 11) is 0. The number of nitrogens with one attached hydrogen (secondary N) is 1. The second kappa shape index (κ2) is 3.21. The molecule has 3 nitrogen and oxygen atoms in total. The lowest BCUT2D eigenvalue weighted by Crippen LogP contribution is -2.06. The molecule has 0 saturated carbocycles. The van der Waals surface area contributed by atoms with Gasteiger partial charge in [-0.25, -0.2) is 4.79 Å². The smallest absolute Gasteiger partial charge is 0.409 e. The summed E-state index contributed by atoms with van der Waals surface area (Å²) in [6, 6.07) is 6.58. The third-order valence-corrected chi connectivity index (χ3v) is 1.38. The molecule has 1 amide bonds. The first kappa shape index (κ1) is 7.81. The number of carboxylic acid groups (broad SMARTS) is 1. The predicted molar refractivity (Wildman–Crippen MR) is 43.7 cm³/mol. The van der Waals surface area contributed by atoms with Gasteiger partial charge in [0.05, 0.1) is 0 Å². The first-order chi connectivity index (χ1) is 5.18. The van der Waals surface area contributed by atoms with Crippen LogP contribution < -0.4 is 5.32 Å². The van der Waals surface area contributed by atoms with Crippen molar-refractivity contribution in [1.29, 1.82) is 0 Å². The minimum absolute atomic E-state index is 0.533. The highest BCUT2D eigenvalue weighted by atomic mass is 32.1. The summed E-state index contributed by atoms with van der Waals surface area (Å²) < 4.78 is 0. The third-order valence-electron chi connectivity index (χ3n) is 1.11. The average molecular weight is 168 g/mol. The summed E-state index contributed by atoms with van der Waals surface area (Å²) in [5.41, 5.74) is 0.533. The van der Waals surface area contributed by atoms with Crippen LogP contribution in [-0.4, -0.2) is 11.2 Å². The summed E-state index contributed by atoms with van der Waals surface area (Å²) in [6.07, 6.45) is -1.07. The standard InChI is InChI=1S/C7H7NO2S/c9-7(10)8-5-1-3-6(11)4-2-5/h1-4,8,11H,(H,9,10)/p-1. The highest BCUT2D eigenvalue weighted by molar-refractivity contribution is 7.58. The van der Waals surface area contributed by atoms with Gasteiger partial charge in [0.25, 0.3) is 0 Å². The van der Waals surface area contributed by atoms with Gasteiger partial charge in [-0.05, 0) is 12.1 Å². The maximum Gasteiger partial charge on any atom is 0.409 e. The van der Waals surface area contributed by atoms with Crippen LogP contribution in [0.2, 0.25) is 0 Å². The molecular formula is C7H6NO2S-. The van der Waals surface area contributed by atoms with E-state index in [1.807, 2.05) is 0 Å². The van der Waals surface area contributed by atoms with Crippen LogP contribution in [0.4, 0.5) is 10.5 Å². The maximum absolute atomic E-state index is 10.1. The molecule has 0 radical (unpaired) electrons. The van der Waals surface area contributed by atoms with Gasteiger partial charge in [-0.2, -0.15) is 4.90 Å². The molecule has 0 aliphatic rings. The Hall–Kier alpha value is -1.29. The Morgan fingerprint density at radius 1 is 1.36 bits per heavy atom. The Morgan fingerprint density at radius 2 is 1.91 bits per heavy atom. The highest BCUT2D eigenvalue weighted by Crippen LogP contribution is 2.07. The number of anilines is 1. The molecule has 2 N–H and O–H groups in total. The molecule has 1 rings (SSSR count). The molecule has 0 heterocycles. The van der Waals surface area contributed by atoms with Gasteiger partial charge in [-0.15, -0.1) is 0 Å². The van der Waals surface area contributed by atoms with Gasteiger partial charge in [-0.1, -0.05) is 12.1 Å². The van der Waals surface area contributed by atoms with Crippen LogP contribution in [0.5, 0.6) is 0 Å². The highest BCUT2D eigenvalue weighted by Gasteiger charge is 1.93. The van der Waals surface area contributed by atoms with E-state index < -0.39 is 6.09 Å². The normalized spacial score (nSPS) is 9.09. The first-order valence-corrected chi connectivity index (χ1v) is 3.36. The molecule has 0 aromatic heterocycles. The van der Waals surface area contributed by atoms with Crippen molar-refractivity contribution in [1.82, 2.24) is 0 Å². The van der Waals surface area contributed by atoms with Crippen molar-refractivity contribution in [2.75, 3.05) is 5.32 Å². The van der Waals surface area contributed by atoms with E-state index in [0.29, 0.717) is 10.6 Å². The molecule has 0 atom stereocenters. The van der Waals surface area contributed by atoms with E-state index in [0.717, 1.165) is 0 Å². The van der Waals surface area contributed by atoms with Crippen LogP contribution in [0, 0.1) is 0 Å². The van der Waals surface area contributed by atoms with Gasteiger partial charge in [0, 0.05) is 5.69 Å². The Labute approximate surface area is 69.5 Å². The molecule has 58 valence electrons. The van der Waals surface area contributed by atoms with Crippen molar-refractivity contribution in [3.05, 3.63) is 24.3 Å². The summed E-state index contributed by atoms with van der Waals surface area (Å²) in [5.74, 6) is 0. The number of hydrogen-bond donors (Lipinski definition) is 2. The zero-order chi connectivity index (χ0) is 8.27. The molecule has 0 unspecified atom stereocenters. The summed E-state index contributed by atoms with van der Waals surface area (Å²) in [6.45, 7) is 0. The lowest BCUT2D eigenvalue weighted by molar-refractivity contribution is 0.210. The molecule has 1 aromatic rings. The zero-order valence-corrected chi connectivity index (χ0v) is 6.39. The number of carbonyl (C=O) groups is 1. The number of rotatable bonds is 1. The molecule has 11 heavy (non-hydrogen) atoms. The molecule has 0 spiro atoms. The molecule has 4 heteroatoms.